The van der Waals surface area contributed by atoms with Gasteiger partial charge in [-0.3, -0.25) is 9.59 Å². The van der Waals surface area contributed by atoms with Crippen LogP contribution in [0, 0.1) is 11.6 Å². The lowest BCUT2D eigenvalue weighted by molar-refractivity contribution is 0.102. The lowest BCUT2D eigenvalue weighted by Crippen LogP contribution is -2.16. The highest BCUT2D eigenvalue weighted by Crippen LogP contribution is 2.24. The Morgan fingerprint density at radius 1 is 0.786 bits per heavy atom. The zero-order valence-electron chi connectivity index (χ0n) is 14.8. The molecule has 0 aromatic heterocycles. The van der Waals surface area contributed by atoms with Gasteiger partial charge in [0.15, 0.2) is 0 Å². The summed E-state index contributed by atoms with van der Waals surface area (Å²) in [6.45, 7) is 0. The summed E-state index contributed by atoms with van der Waals surface area (Å²) in [5.74, 6) is -2.20. The smallest absolute Gasteiger partial charge is 0.255 e. The van der Waals surface area contributed by atoms with Gasteiger partial charge in [0.05, 0.1) is 18.5 Å². The fourth-order valence-electron chi connectivity index (χ4n) is 2.53. The molecule has 28 heavy (non-hydrogen) atoms. The Bertz CT molecular complexity index is 1040. The summed E-state index contributed by atoms with van der Waals surface area (Å²) < 4.78 is 31.9. The number of carbonyl (C=O) groups excluding carboxylic acids is 2. The molecular weight excluding hydrogens is 366 g/mol. The third kappa shape index (κ3) is 4.32. The predicted molar refractivity (Wildman–Crippen MR) is 102 cm³/mol. The molecule has 0 radical (unpaired) electrons. The number of amides is 2. The van der Waals surface area contributed by atoms with Crippen molar-refractivity contribution in [3.63, 3.8) is 0 Å². The second-order valence-electron chi connectivity index (χ2n) is 5.81. The van der Waals surface area contributed by atoms with Gasteiger partial charge in [0.2, 0.25) is 0 Å². The monoisotopic (exact) mass is 382 g/mol. The molecule has 0 unspecified atom stereocenters. The van der Waals surface area contributed by atoms with Crippen LogP contribution in [0.2, 0.25) is 0 Å². The van der Waals surface area contributed by atoms with Crippen molar-refractivity contribution in [2.45, 2.75) is 0 Å². The van der Waals surface area contributed by atoms with Gasteiger partial charge in [-0.1, -0.05) is 18.2 Å². The predicted octanol–water partition coefficient (Wildman–Crippen LogP) is 4.48. The summed E-state index contributed by atoms with van der Waals surface area (Å²) in [5.41, 5.74) is 0.711. The van der Waals surface area contributed by atoms with Gasteiger partial charge in [-0.15, -0.1) is 0 Å². The molecule has 3 aromatic rings. The Hall–Kier alpha value is -3.74. The van der Waals surface area contributed by atoms with E-state index in [1.165, 1.54) is 25.3 Å². The van der Waals surface area contributed by atoms with E-state index < -0.39 is 23.4 Å². The number of halogens is 2. The minimum atomic E-state index is -0.890. The molecule has 0 aliphatic rings. The molecular formula is C21H16F2N2O3. The van der Waals surface area contributed by atoms with Crippen LogP contribution < -0.4 is 15.4 Å². The summed E-state index contributed by atoms with van der Waals surface area (Å²) in [5, 5.41) is 5.07. The second-order valence-corrected chi connectivity index (χ2v) is 5.81. The number of anilines is 2. The largest absolute Gasteiger partial charge is 0.495 e. The molecule has 0 saturated heterocycles. The maximum atomic E-state index is 13.7. The average molecular weight is 382 g/mol. The van der Waals surface area contributed by atoms with Crippen molar-refractivity contribution in [1.29, 1.82) is 0 Å². The molecule has 3 rings (SSSR count). The number of methoxy groups -OCH3 is 1. The number of hydrogen-bond acceptors (Lipinski definition) is 3. The topological polar surface area (TPSA) is 67.4 Å². The van der Waals surface area contributed by atoms with Crippen molar-refractivity contribution < 1.29 is 23.1 Å². The highest BCUT2D eigenvalue weighted by atomic mass is 19.1. The van der Waals surface area contributed by atoms with E-state index in [9.17, 15) is 18.4 Å². The maximum absolute atomic E-state index is 13.7. The third-order valence-corrected chi connectivity index (χ3v) is 3.92. The first-order chi connectivity index (χ1) is 13.5. The van der Waals surface area contributed by atoms with Gasteiger partial charge in [0, 0.05) is 17.2 Å². The van der Waals surface area contributed by atoms with Crippen LogP contribution in [-0.2, 0) is 0 Å². The molecule has 0 spiro atoms. The van der Waals surface area contributed by atoms with Crippen LogP contribution in [-0.4, -0.2) is 18.9 Å². The van der Waals surface area contributed by atoms with Crippen LogP contribution in [0.25, 0.3) is 0 Å². The Balaban J connectivity index is 1.77. The Morgan fingerprint density at radius 3 is 2.07 bits per heavy atom. The van der Waals surface area contributed by atoms with Crippen LogP contribution in [0.15, 0.2) is 66.7 Å². The number of para-hydroxylation sites is 2. The maximum Gasteiger partial charge on any atom is 0.255 e. The number of rotatable bonds is 5. The zero-order chi connectivity index (χ0) is 20.1. The normalized spacial score (nSPS) is 10.2. The highest BCUT2D eigenvalue weighted by Gasteiger charge is 2.14. The third-order valence-electron chi connectivity index (χ3n) is 3.92. The minimum absolute atomic E-state index is 0.149. The molecule has 0 heterocycles. The van der Waals surface area contributed by atoms with Gasteiger partial charge in [-0.2, -0.15) is 0 Å². The van der Waals surface area contributed by atoms with E-state index >= 15 is 0 Å². The van der Waals surface area contributed by atoms with Crippen molar-refractivity contribution in [1.82, 2.24) is 0 Å². The van der Waals surface area contributed by atoms with Gasteiger partial charge in [0.25, 0.3) is 11.8 Å². The van der Waals surface area contributed by atoms with Gasteiger partial charge in [-0.25, -0.2) is 8.78 Å². The molecule has 0 atom stereocenters. The lowest BCUT2D eigenvalue weighted by atomic mass is 10.1. The fraction of sp³-hybridized carbons (Fsp3) is 0.0476. The SMILES string of the molecule is COc1ccccc1NC(=O)c1cccc(C(=O)Nc2ccc(F)cc2F)c1. The molecule has 0 saturated carbocycles. The Morgan fingerprint density at radius 2 is 1.43 bits per heavy atom. The first kappa shape index (κ1) is 19.0. The highest BCUT2D eigenvalue weighted by molar-refractivity contribution is 6.09. The van der Waals surface area contributed by atoms with Crippen molar-refractivity contribution in [2.24, 2.45) is 0 Å². The molecule has 3 aromatic carbocycles. The first-order valence-electron chi connectivity index (χ1n) is 8.29. The molecule has 0 aliphatic heterocycles. The number of hydrogen-bond donors (Lipinski definition) is 2. The molecule has 142 valence electrons. The Labute approximate surface area is 160 Å². The van der Waals surface area contributed by atoms with Gasteiger partial charge < -0.3 is 15.4 Å². The van der Waals surface area contributed by atoms with E-state index in [1.807, 2.05) is 0 Å². The average Bonchev–Trinajstić information content (AvgIpc) is 2.70. The van der Waals surface area contributed by atoms with Crippen molar-refractivity contribution in [2.75, 3.05) is 17.7 Å². The molecule has 2 amide bonds. The van der Waals surface area contributed by atoms with Gasteiger partial charge in [0.1, 0.15) is 17.4 Å². The van der Waals surface area contributed by atoms with Crippen molar-refractivity contribution in [3.8, 4) is 5.75 Å². The fourth-order valence-corrected chi connectivity index (χ4v) is 2.53. The number of ether oxygens (including phenoxy) is 1. The molecule has 0 aliphatic carbocycles. The van der Waals surface area contributed by atoms with E-state index in [1.54, 1.807) is 30.3 Å². The number of nitrogens with one attached hydrogen (secondary N) is 2. The number of carbonyl (C=O) groups is 2. The van der Waals surface area contributed by atoms with E-state index in [4.69, 9.17) is 4.74 Å². The quantitative estimate of drug-likeness (QED) is 0.684. The standard InChI is InChI=1S/C21H16F2N2O3/c1-28-19-8-3-2-7-18(19)25-21(27)14-6-4-5-13(11-14)20(26)24-17-10-9-15(22)12-16(17)23/h2-12H,1H3,(H,24,26)(H,25,27). The zero-order valence-corrected chi connectivity index (χ0v) is 14.8. The first-order valence-corrected chi connectivity index (χ1v) is 8.29. The Kier molecular flexibility index (Phi) is 5.64. The van der Waals surface area contributed by atoms with Crippen LogP contribution >= 0.6 is 0 Å². The van der Waals surface area contributed by atoms with Gasteiger partial charge >= 0.3 is 0 Å². The summed E-state index contributed by atoms with van der Waals surface area (Å²) in [7, 11) is 1.49. The van der Waals surface area contributed by atoms with Crippen molar-refractivity contribution >= 4 is 23.2 Å². The van der Waals surface area contributed by atoms with Crippen LogP contribution in [0.4, 0.5) is 20.2 Å². The minimum Gasteiger partial charge on any atom is -0.495 e. The summed E-state index contributed by atoms with van der Waals surface area (Å²) in [6.07, 6.45) is 0. The molecule has 5 nitrogen and oxygen atoms in total. The van der Waals surface area contributed by atoms with Crippen LogP contribution in [0.3, 0.4) is 0 Å². The van der Waals surface area contributed by atoms with Crippen LogP contribution in [0.1, 0.15) is 20.7 Å². The summed E-state index contributed by atoms with van der Waals surface area (Å²) in [4.78, 5) is 24.9. The van der Waals surface area contributed by atoms with E-state index in [0.29, 0.717) is 17.5 Å². The molecule has 0 fully saturated rings. The van der Waals surface area contributed by atoms with Crippen LogP contribution in [0.5, 0.6) is 5.75 Å². The molecule has 0 bridgehead atoms. The number of benzene rings is 3. The summed E-state index contributed by atoms with van der Waals surface area (Å²) >= 11 is 0. The lowest BCUT2D eigenvalue weighted by Gasteiger charge is -2.11. The van der Waals surface area contributed by atoms with E-state index in [-0.39, 0.29) is 16.8 Å². The van der Waals surface area contributed by atoms with Crippen molar-refractivity contribution in [3.05, 3.63) is 89.5 Å². The van der Waals surface area contributed by atoms with E-state index in [0.717, 1.165) is 12.1 Å². The summed E-state index contributed by atoms with van der Waals surface area (Å²) in [6, 6.07) is 15.7. The molecule has 2 N–H and O–H groups in total. The molecule has 7 heteroatoms. The van der Waals surface area contributed by atoms with Gasteiger partial charge in [-0.05, 0) is 42.5 Å². The second kappa shape index (κ2) is 8.30. The van der Waals surface area contributed by atoms with E-state index in [2.05, 4.69) is 10.6 Å².